The van der Waals surface area contributed by atoms with Crippen molar-refractivity contribution in [3.63, 3.8) is 0 Å². The van der Waals surface area contributed by atoms with Gasteiger partial charge in [-0.25, -0.2) is 18.9 Å². The monoisotopic (exact) mass is 396 g/mol. The number of anilines is 1. The number of hydrogen-bond acceptors (Lipinski definition) is 6. The fourth-order valence-corrected chi connectivity index (χ4v) is 3.68. The fraction of sp³-hybridized carbons (Fsp3) is 0.211. The maximum absolute atomic E-state index is 13.2. The van der Waals surface area contributed by atoms with Crippen molar-refractivity contribution in [2.45, 2.75) is 26.7 Å². The molecule has 0 saturated heterocycles. The summed E-state index contributed by atoms with van der Waals surface area (Å²) < 4.78 is 14.8. The summed E-state index contributed by atoms with van der Waals surface area (Å²) in [5.74, 6) is -0.155. The molecule has 142 valence electrons. The number of fused-ring (bicyclic) bond motifs is 1. The normalized spacial score (nSPS) is 11.3. The van der Waals surface area contributed by atoms with Crippen LogP contribution in [0.5, 0.6) is 0 Å². The number of amides is 1. The van der Waals surface area contributed by atoms with Crippen LogP contribution in [0.2, 0.25) is 0 Å². The predicted molar refractivity (Wildman–Crippen MR) is 105 cm³/mol. The van der Waals surface area contributed by atoms with E-state index in [1.54, 1.807) is 22.7 Å². The van der Waals surface area contributed by atoms with Gasteiger partial charge in [-0.1, -0.05) is 13.8 Å². The molecule has 0 atom stereocenters. The molecule has 0 fully saturated rings. The van der Waals surface area contributed by atoms with Crippen molar-refractivity contribution in [2.24, 2.45) is 0 Å². The highest BCUT2D eigenvalue weighted by Crippen LogP contribution is 2.30. The lowest BCUT2D eigenvalue weighted by Gasteiger charge is -2.09. The zero-order valence-electron chi connectivity index (χ0n) is 15.5. The number of aromatic nitrogens is 5. The Morgan fingerprint density at radius 2 is 1.96 bits per heavy atom. The number of halogens is 1. The summed E-state index contributed by atoms with van der Waals surface area (Å²) in [7, 11) is 0. The van der Waals surface area contributed by atoms with Gasteiger partial charge in [0, 0.05) is 10.4 Å². The van der Waals surface area contributed by atoms with E-state index in [1.807, 2.05) is 20.8 Å². The molecule has 0 aliphatic rings. The summed E-state index contributed by atoms with van der Waals surface area (Å²) in [6.07, 6.45) is 1.41. The molecule has 0 spiro atoms. The third-order valence-corrected chi connectivity index (χ3v) is 5.12. The van der Waals surface area contributed by atoms with E-state index in [1.165, 1.54) is 29.8 Å². The summed E-state index contributed by atoms with van der Waals surface area (Å²) in [6.45, 7) is 5.93. The number of rotatable bonds is 4. The second kappa shape index (κ2) is 7.08. The standard InChI is InChI=1S/C19H17FN6OS/c1-10(2)15-8-14(23-18-21-9-22-26(15)18)17(27)25-19-24-16(11(3)28-19)12-4-6-13(20)7-5-12/h4-10H,1-3H3,(H,24,25,27). The van der Waals surface area contributed by atoms with E-state index in [-0.39, 0.29) is 23.3 Å². The summed E-state index contributed by atoms with van der Waals surface area (Å²) in [5, 5.41) is 7.41. The first kappa shape index (κ1) is 18.2. The minimum atomic E-state index is -0.369. The van der Waals surface area contributed by atoms with Gasteiger partial charge in [0.25, 0.3) is 11.7 Å². The molecule has 3 heterocycles. The van der Waals surface area contributed by atoms with Gasteiger partial charge in [-0.15, -0.1) is 11.3 Å². The van der Waals surface area contributed by atoms with Crippen LogP contribution in [-0.2, 0) is 0 Å². The second-order valence-electron chi connectivity index (χ2n) is 6.58. The first-order valence-electron chi connectivity index (χ1n) is 8.68. The van der Waals surface area contributed by atoms with Crippen molar-refractivity contribution in [3.05, 3.63) is 58.7 Å². The Morgan fingerprint density at radius 3 is 2.68 bits per heavy atom. The number of nitrogens with zero attached hydrogens (tertiary/aromatic N) is 5. The first-order chi connectivity index (χ1) is 13.4. The van der Waals surface area contributed by atoms with E-state index >= 15 is 0 Å². The quantitative estimate of drug-likeness (QED) is 0.562. The third kappa shape index (κ3) is 3.36. The van der Waals surface area contributed by atoms with Crippen LogP contribution in [0.1, 0.15) is 40.8 Å². The van der Waals surface area contributed by atoms with Gasteiger partial charge >= 0.3 is 0 Å². The predicted octanol–water partition coefficient (Wildman–Crippen LogP) is 4.07. The Hall–Kier alpha value is -3.20. The molecule has 7 nitrogen and oxygen atoms in total. The number of nitrogens with one attached hydrogen (secondary N) is 1. The molecule has 0 saturated carbocycles. The van der Waals surface area contributed by atoms with Crippen LogP contribution in [0.3, 0.4) is 0 Å². The van der Waals surface area contributed by atoms with Crippen LogP contribution in [0.4, 0.5) is 9.52 Å². The fourth-order valence-electron chi connectivity index (χ4n) is 2.85. The van der Waals surface area contributed by atoms with Crippen molar-refractivity contribution in [2.75, 3.05) is 5.32 Å². The highest BCUT2D eigenvalue weighted by molar-refractivity contribution is 7.16. The van der Waals surface area contributed by atoms with Gasteiger partial charge in [0.1, 0.15) is 17.8 Å². The van der Waals surface area contributed by atoms with Crippen LogP contribution in [0.25, 0.3) is 17.0 Å². The van der Waals surface area contributed by atoms with Crippen molar-refractivity contribution in [1.29, 1.82) is 0 Å². The van der Waals surface area contributed by atoms with Crippen LogP contribution in [0, 0.1) is 12.7 Å². The summed E-state index contributed by atoms with van der Waals surface area (Å²) >= 11 is 1.35. The average molecular weight is 396 g/mol. The largest absolute Gasteiger partial charge is 0.296 e. The molecule has 3 aromatic heterocycles. The van der Waals surface area contributed by atoms with E-state index in [4.69, 9.17) is 0 Å². The Labute approximate surface area is 164 Å². The van der Waals surface area contributed by atoms with Crippen molar-refractivity contribution >= 4 is 28.2 Å². The van der Waals surface area contributed by atoms with Gasteiger partial charge in [-0.2, -0.15) is 10.1 Å². The van der Waals surface area contributed by atoms with Gasteiger partial charge in [0.05, 0.1) is 11.4 Å². The van der Waals surface area contributed by atoms with Crippen LogP contribution in [0.15, 0.2) is 36.7 Å². The van der Waals surface area contributed by atoms with E-state index in [0.717, 1.165) is 16.1 Å². The minimum absolute atomic E-state index is 0.144. The number of carbonyl (C=O) groups is 1. The van der Waals surface area contributed by atoms with Crippen molar-refractivity contribution in [3.8, 4) is 11.3 Å². The van der Waals surface area contributed by atoms with Gasteiger partial charge in [-0.3, -0.25) is 10.1 Å². The summed E-state index contributed by atoms with van der Waals surface area (Å²) in [6, 6.07) is 7.81. The smallest absolute Gasteiger partial charge is 0.276 e. The molecule has 1 N–H and O–H groups in total. The molecule has 0 radical (unpaired) electrons. The number of thiazole rings is 1. The van der Waals surface area contributed by atoms with E-state index in [9.17, 15) is 9.18 Å². The van der Waals surface area contributed by atoms with Crippen molar-refractivity contribution < 1.29 is 9.18 Å². The van der Waals surface area contributed by atoms with Gasteiger partial charge in [-0.05, 0) is 43.2 Å². The highest BCUT2D eigenvalue weighted by Gasteiger charge is 2.18. The number of hydrogen-bond donors (Lipinski definition) is 1. The molecule has 0 aliphatic heterocycles. The molecule has 0 aliphatic carbocycles. The maximum Gasteiger partial charge on any atom is 0.276 e. The highest BCUT2D eigenvalue weighted by atomic mass is 32.1. The molecule has 1 aromatic carbocycles. The number of benzene rings is 1. The first-order valence-corrected chi connectivity index (χ1v) is 9.49. The van der Waals surface area contributed by atoms with E-state index < -0.39 is 0 Å². The zero-order chi connectivity index (χ0) is 19.8. The Morgan fingerprint density at radius 1 is 1.21 bits per heavy atom. The third-order valence-electron chi connectivity index (χ3n) is 4.24. The van der Waals surface area contributed by atoms with E-state index in [2.05, 4.69) is 25.4 Å². The Kier molecular flexibility index (Phi) is 4.60. The Balaban J connectivity index is 1.63. The van der Waals surface area contributed by atoms with Crippen molar-refractivity contribution in [1.82, 2.24) is 24.6 Å². The van der Waals surface area contributed by atoms with Gasteiger partial charge in [0.2, 0.25) is 0 Å². The molecular formula is C19H17FN6OS. The molecule has 0 unspecified atom stereocenters. The SMILES string of the molecule is Cc1sc(NC(=O)c2cc(C(C)C)n3ncnc3n2)nc1-c1ccc(F)cc1. The molecular weight excluding hydrogens is 379 g/mol. The lowest BCUT2D eigenvalue weighted by molar-refractivity contribution is 0.102. The molecule has 4 rings (SSSR count). The summed E-state index contributed by atoms with van der Waals surface area (Å²) in [4.78, 5) is 26.5. The topological polar surface area (TPSA) is 85.1 Å². The molecule has 28 heavy (non-hydrogen) atoms. The van der Waals surface area contributed by atoms with E-state index in [0.29, 0.717) is 16.6 Å². The molecule has 9 heteroatoms. The molecule has 0 bridgehead atoms. The zero-order valence-corrected chi connectivity index (χ0v) is 16.3. The van der Waals surface area contributed by atoms with Gasteiger partial charge in [0.15, 0.2) is 5.13 Å². The average Bonchev–Trinajstić information content (AvgIpc) is 3.27. The maximum atomic E-state index is 13.2. The molecule has 4 aromatic rings. The number of aryl methyl sites for hydroxylation is 1. The van der Waals surface area contributed by atoms with Crippen LogP contribution in [-0.4, -0.2) is 30.5 Å². The lowest BCUT2D eigenvalue weighted by atomic mass is 10.1. The number of carbonyl (C=O) groups excluding carboxylic acids is 1. The minimum Gasteiger partial charge on any atom is -0.296 e. The summed E-state index contributed by atoms with van der Waals surface area (Å²) in [5.41, 5.74) is 2.60. The van der Waals surface area contributed by atoms with Gasteiger partial charge < -0.3 is 0 Å². The van der Waals surface area contributed by atoms with Crippen LogP contribution >= 0.6 is 11.3 Å². The molecule has 1 amide bonds. The Bertz CT molecular complexity index is 1170. The second-order valence-corrected chi connectivity index (χ2v) is 7.78. The van der Waals surface area contributed by atoms with Crippen LogP contribution < -0.4 is 5.32 Å². The lowest BCUT2D eigenvalue weighted by Crippen LogP contribution is -2.16.